The van der Waals surface area contributed by atoms with Gasteiger partial charge in [-0.25, -0.2) is 10.4 Å². The van der Waals surface area contributed by atoms with E-state index in [1.807, 2.05) is 66.7 Å². The first-order valence-electron chi connectivity index (χ1n) is 8.58. The van der Waals surface area contributed by atoms with E-state index < -0.39 is 0 Å². The molecule has 2 N–H and O–H groups in total. The number of aromatic nitrogens is 2. The lowest BCUT2D eigenvalue weighted by Crippen LogP contribution is -2.00. The average molecular weight is 500 g/mol. The normalized spacial score (nSPS) is 11.2. The second-order valence-electron chi connectivity index (χ2n) is 6.05. The van der Waals surface area contributed by atoms with Crippen molar-refractivity contribution < 1.29 is 4.74 Å². The van der Waals surface area contributed by atoms with Crippen molar-refractivity contribution in [3.8, 4) is 5.75 Å². The van der Waals surface area contributed by atoms with Gasteiger partial charge in [0.15, 0.2) is 0 Å². The number of rotatable bonds is 6. The van der Waals surface area contributed by atoms with Crippen LogP contribution in [0.15, 0.2) is 80.8 Å². The lowest BCUT2D eigenvalue weighted by Gasteiger charge is -2.12. The van der Waals surface area contributed by atoms with Gasteiger partial charge in [0.1, 0.15) is 12.4 Å². The Morgan fingerprint density at radius 3 is 2.64 bits per heavy atom. The summed E-state index contributed by atoms with van der Waals surface area (Å²) in [5.74, 6) is 1.31. The van der Waals surface area contributed by atoms with Gasteiger partial charge in [-0.2, -0.15) is 5.10 Å². The third-order valence-corrected chi connectivity index (χ3v) is 5.07. The van der Waals surface area contributed by atoms with Gasteiger partial charge in [0.25, 0.3) is 0 Å². The van der Waals surface area contributed by atoms with Gasteiger partial charge in [-0.15, -0.1) is 0 Å². The Balaban J connectivity index is 1.53. The summed E-state index contributed by atoms with van der Waals surface area (Å²) >= 11 is 7.09. The first-order valence-corrected chi connectivity index (χ1v) is 10.2. The van der Waals surface area contributed by atoms with E-state index in [4.69, 9.17) is 4.74 Å². The SMILES string of the molecule is Brc1cc(Br)c(OCc2ccccc2)c(/C=N\Nc2nc3ccccc3[nH]2)c1. The van der Waals surface area contributed by atoms with Crippen LogP contribution in [0.1, 0.15) is 11.1 Å². The molecule has 0 aliphatic carbocycles. The smallest absolute Gasteiger partial charge is 0.222 e. The number of fused-ring (bicyclic) bond motifs is 1. The highest BCUT2D eigenvalue weighted by molar-refractivity contribution is 9.11. The maximum Gasteiger partial charge on any atom is 0.222 e. The fourth-order valence-corrected chi connectivity index (χ4v) is 4.10. The van der Waals surface area contributed by atoms with Crippen LogP contribution in [-0.4, -0.2) is 16.2 Å². The minimum atomic E-state index is 0.471. The number of anilines is 1. The summed E-state index contributed by atoms with van der Waals surface area (Å²) in [5.41, 5.74) is 6.71. The zero-order chi connectivity index (χ0) is 19.3. The van der Waals surface area contributed by atoms with Gasteiger partial charge in [0.2, 0.25) is 5.95 Å². The molecule has 4 aromatic rings. The molecule has 0 saturated carbocycles. The summed E-state index contributed by atoms with van der Waals surface area (Å²) in [6.45, 7) is 0.471. The topological polar surface area (TPSA) is 62.3 Å². The van der Waals surface area contributed by atoms with Gasteiger partial charge < -0.3 is 9.72 Å². The van der Waals surface area contributed by atoms with Crippen molar-refractivity contribution in [1.82, 2.24) is 9.97 Å². The van der Waals surface area contributed by atoms with E-state index in [-0.39, 0.29) is 0 Å². The zero-order valence-corrected chi connectivity index (χ0v) is 17.9. The van der Waals surface area contributed by atoms with E-state index in [1.54, 1.807) is 6.21 Å². The van der Waals surface area contributed by atoms with E-state index in [0.717, 1.165) is 36.9 Å². The number of hydrogen-bond acceptors (Lipinski definition) is 4. The van der Waals surface area contributed by atoms with Crippen molar-refractivity contribution in [1.29, 1.82) is 0 Å². The summed E-state index contributed by atoms with van der Waals surface area (Å²) in [4.78, 5) is 7.63. The van der Waals surface area contributed by atoms with Crippen LogP contribution < -0.4 is 10.2 Å². The number of halogens is 2. The van der Waals surface area contributed by atoms with Gasteiger partial charge in [-0.05, 0) is 45.8 Å². The number of aromatic amines is 1. The second kappa shape index (κ2) is 8.58. The van der Waals surface area contributed by atoms with E-state index in [9.17, 15) is 0 Å². The molecule has 140 valence electrons. The molecule has 3 aromatic carbocycles. The number of nitrogens with one attached hydrogen (secondary N) is 2. The van der Waals surface area contributed by atoms with Crippen LogP contribution in [0, 0.1) is 0 Å². The highest BCUT2D eigenvalue weighted by atomic mass is 79.9. The van der Waals surface area contributed by atoms with E-state index in [1.165, 1.54) is 0 Å². The molecule has 0 atom stereocenters. The van der Waals surface area contributed by atoms with Crippen molar-refractivity contribution >= 4 is 55.1 Å². The first-order chi connectivity index (χ1) is 13.7. The first kappa shape index (κ1) is 18.7. The van der Waals surface area contributed by atoms with E-state index in [0.29, 0.717) is 12.6 Å². The summed E-state index contributed by atoms with van der Waals surface area (Å²) in [6.07, 6.45) is 1.71. The van der Waals surface area contributed by atoms with Gasteiger partial charge in [0.05, 0.1) is 21.7 Å². The summed E-state index contributed by atoms with van der Waals surface area (Å²) in [6, 6.07) is 21.8. The molecule has 4 rings (SSSR count). The molecular weight excluding hydrogens is 484 g/mol. The number of benzene rings is 3. The molecule has 0 fully saturated rings. The van der Waals surface area contributed by atoms with Crippen LogP contribution in [-0.2, 0) is 6.61 Å². The van der Waals surface area contributed by atoms with Gasteiger partial charge >= 0.3 is 0 Å². The molecule has 28 heavy (non-hydrogen) atoms. The molecule has 1 heterocycles. The van der Waals surface area contributed by atoms with E-state index in [2.05, 4.69) is 52.4 Å². The van der Waals surface area contributed by atoms with Crippen LogP contribution in [0.25, 0.3) is 11.0 Å². The Hall–Kier alpha value is -2.64. The predicted octanol–water partition coefficient (Wildman–Crippen LogP) is 6.11. The Morgan fingerprint density at radius 2 is 1.82 bits per heavy atom. The summed E-state index contributed by atoms with van der Waals surface area (Å²) in [5, 5.41) is 4.31. The fraction of sp³-hybridized carbons (Fsp3) is 0.0476. The highest BCUT2D eigenvalue weighted by Crippen LogP contribution is 2.32. The van der Waals surface area contributed by atoms with Crippen LogP contribution in [0.3, 0.4) is 0 Å². The number of hydrogen-bond donors (Lipinski definition) is 2. The summed E-state index contributed by atoms with van der Waals surface area (Å²) in [7, 11) is 0. The number of nitrogens with zero attached hydrogens (tertiary/aromatic N) is 2. The molecule has 5 nitrogen and oxygen atoms in total. The van der Waals surface area contributed by atoms with Crippen molar-refractivity contribution in [2.45, 2.75) is 6.61 Å². The molecular formula is C21H16Br2N4O. The Bertz CT molecular complexity index is 1090. The average Bonchev–Trinajstić information content (AvgIpc) is 3.11. The fourth-order valence-electron chi connectivity index (χ4n) is 2.73. The standard InChI is InChI=1S/C21H16Br2N4O/c22-16-10-15(12-24-27-21-25-18-8-4-5-9-19(18)26-21)20(17(23)11-16)28-13-14-6-2-1-3-7-14/h1-12H,13H2,(H2,25,26,27)/b24-12-. The monoisotopic (exact) mass is 498 g/mol. The molecule has 1 aromatic heterocycles. The quantitative estimate of drug-likeness (QED) is 0.248. The lowest BCUT2D eigenvalue weighted by molar-refractivity contribution is 0.304. The molecule has 0 spiro atoms. The minimum Gasteiger partial charge on any atom is -0.487 e. The van der Waals surface area contributed by atoms with Crippen molar-refractivity contribution in [2.75, 3.05) is 5.43 Å². The van der Waals surface area contributed by atoms with Crippen molar-refractivity contribution in [2.24, 2.45) is 5.10 Å². The number of imidazole rings is 1. The van der Waals surface area contributed by atoms with Crippen LogP contribution in [0.4, 0.5) is 5.95 Å². The number of hydrazone groups is 1. The van der Waals surface area contributed by atoms with Crippen LogP contribution >= 0.6 is 31.9 Å². The Kier molecular flexibility index (Phi) is 5.73. The number of H-pyrrole nitrogens is 1. The molecule has 0 radical (unpaired) electrons. The van der Waals surface area contributed by atoms with Crippen LogP contribution in [0.5, 0.6) is 5.75 Å². The maximum atomic E-state index is 6.05. The lowest BCUT2D eigenvalue weighted by atomic mass is 10.2. The second-order valence-corrected chi connectivity index (χ2v) is 7.82. The molecule has 0 saturated heterocycles. The molecule has 7 heteroatoms. The molecule has 0 amide bonds. The minimum absolute atomic E-state index is 0.471. The van der Waals surface area contributed by atoms with Crippen molar-refractivity contribution in [3.63, 3.8) is 0 Å². The zero-order valence-electron chi connectivity index (χ0n) is 14.7. The number of ether oxygens (including phenoxy) is 1. The third-order valence-electron chi connectivity index (χ3n) is 4.03. The van der Waals surface area contributed by atoms with Gasteiger partial charge in [-0.3, -0.25) is 0 Å². The predicted molar refractivity (Wildman–Crippen MR) is 120 cm³/mol. The number of para-hydroxylation sites is 2. The van der Waals surface area contributed by atoms with Crippen LogP contribution in [0.2, 0.25) is 0 Å². The Labute approximate surface area is 179 Å². The molecule has 0 aliphatic heterocycles. The largest absolute Gasteiger partial charge is 0.487 e. The Morgan fingerprint density at radius 1 is 1.04 bits per heavy atom. The highest BCUT2D eigenvalue weighted by Gasteiger charge is 2.10. The molecule has 0 bridgehead atoms. The molecule has 0 unspecified atom stereocenters. The van der Waals surface area contributed by atoms with Crippen molar-refractivity contribution in [3.05, 3.63) is 86.8 Å². The third kappa shape index (κ3) is 4.43. The maximum absolute atomic E-state index is 6.05. The van der Waals surface area contributed by atoms with Gasteiger partial charge in [0, 0.05) is 10.0 Å². The molecule has 0 aliphatic rings. The van der Waals surface area contributed by atoms with Gasteiger partial charge in [-0.1, -0.05) is 58.4 Å². The van der Waals surface area contributed by atoms with E-state index >= 15 is 0 Å². The summed E-state index contributed by atoms with van der Waals surface area (Å²) < 4.78 is 7.83.